The van der Waals surface area contributed by atoms with E-state index in [2.05, 4.69) is 15.3 Å². The van der Waals surface area contributed by atoms with Crippen LogP contribution in [0.15, 0.2) is 24.5 Å². The van der Waals surface area contributed by atoms with Gasteiger partial charge in [-0.3, -0.25) is 0 Å². The van der Waals surface area contributed by atoms with E-state index in [0.717, 1.165) is 11.3 Å². The smallest absolute Gasteiger partial charge is 0.354 e. The number of hydrogen-bond donors (Lipinski definition) is 1. The third-order valence-electron chi connectivity index (χ3n) is 1.99. The highest BCUT2D eigenvalue weighted by Gasteiger charge is 2.07. The first-order valence-corrected chi connectivity index (χ1v) is 4.23. The highest BCUT2D eigenvalue weighted by atomic mass is 16.4. The fourth-order valence-corrected chi connectivity index (χ4v) is 1.22. The molecule has 76 valence electrons. The van der Waals surface area contributed by atoms with E-state index < -0.39 is 5.97 Å². The van der Waals surface area contributed by atoms with Crippen LogP contribution in [0, 0.1) is 0 Å². The summed E-state index contributed by atoms with van der Waals surface area (Å²) in [4.78, 5) is 14.4. The molecule has 6 nitrogen and oxygen atoms in total. The van der Waals surface area contributed by atoms with Crippen molar-refractivity contribution in [3.63, 3.8) is 0 Å². The Kier molecular flexibility index (Phi) is 2.17. The number of nitrogens with zero attached hydrogens (tertiary/aromatic N) is 4. The van der Waals surface area contributed by atoms with Gasteiger partial charge in [0, 0.05) is 18.8 Å². The monoisotopic (exact) mass is 204 g/mol. The predicted molar refractivity (Wildman–Crippen MR) is 51.2 cm³/mol. The summed E-state index contributed by atoms with van der Waals surface area (Å²) >= 11 is 0. The second kappa shape index (κ2) is 3.49. The van der Waals surface area contributed by atoms with Gasteiger partial charge < -0.3 is 5.11 Å². The zero-order valence-electron chi connectivity index (χ0n) is 7.95. The van der Waals surface area contributed by atoms with Crippen molar-refractivity contribution in [2.24, 2.45) is 7.05 Å². The van der Waals surface area contributed by atoms with E-state index in [9.17, 15) is 4.79 Å². The van der Waals surface area contributed by atoms with Crippen molar-refractivity contribution in [3.05, 3.63) is 30.2 Å². The Morgan fingerprint density at radius 1 is 1.40 bits per heavy atom. The lowest BCUT2D eigenvalue weighted by molar-refractivity contribution is 0.0690. The summed E-state index contributed by atoms with van der Waals surface area (Å²) in [6.45, 7) is 0. The molecule has 0 aromatic carbocycles. The summed E-state index contributed by atoms with van der Waals surface area (Å²) in [5.41, 5.74) is 1.60. The lowest BCUT2D eigenvalue weighted by Gasteiger charge is -2.00. The molecular formula is C9H8N4O2. The Labute approximate surface area is 85.2 Å². The van der Waals surface area contributed by atoms with Gasteiger partial charge >= 0.3 is 5.97 Å². The maximum atomic E-state index is 10.6. The van der Waals surface area contributed by atoms with Gasteiger partial charge in [-0.2, -0.15) is 0 Å². The molecule has 2 heterocycles. The molecule has 0 saturated carbocycles. The summed E-state index contributed by atoms with van der Waals surface area (Å²) < 4.78 is 1.59. The van der Waals surface area contributed by atoms with E-state index in [0.29, 0.717) is 0 Å². The minimum absolute atomic E-state index is 0.0221. The van der Waals surface area contributed by atoms with Crippen LogP contribution in [0.25, 0.3) is 11.3 Å². The van der Waals surface area contributed by atoms with Crippen molar-refractivity contribution in [1.29, 1.82) is 0 Å². The number of hydrogen-bond acceptors (Lipinski definition) is 4. The lowest BCUT2D eigenvalue weighted by Crippen LogP contribution is -2.00. The summed E-state index contributed by atoms with van der Waals surface area (Å²) in [5, 5.41) is 16.2. The molecule has 0 bridgehead atoms. The van der Waals surface area contributed by atoms with Crippen molar-refractivity contribution in [3.8, 4) is 11.3 Å². The SMILES string of the molecule is Cn1nncc1-c1ccc(C(=O)O)nc1. The lowest BCUT2D eigenvalue weighted by atomic mass is 10.2. The van der Waals surface area contributed by atoms with Gasteiger partial charge in [-0.15, -0.1) is 5.10 Å². The number of rotatable bonds is 2. The third kappa shape index (κ3) is 1.69. The molecule has 15 heavy (non-hydrogen) atoms. The maximum Gasteiger partial charge on any atom is 0.354 e. The molecule has 0 atom stereocenters. The van der Waals surface area contributed by atoms with E-state index in [1.807, 2.05) is 0 Å². The van der Waals surface area contributed by atoms with Crippen LogP contribution in [0.5, 0.6) is 0 Å². The first kappa shape index (κ1) is 9.32. The molecule has 0 fully saturated rings. The molecule has 2 rings (SSSR count). The van der Waals surface area contributed by atoms with Gasteiger partial charge in [-0.1, -0.05) is 5.21 Å². The average molecular weight is 204 g/mol. The summed E-state index contributed by atoms with van der Waals surface area (Å²) in [6.07, 6.45) is 3.08. The predicted octanol–water partition coefficient (Wildman–Crippen LogP) is 0.575. The van der Waals surface area contributed by atoms with Gasteiger partial charge in [0.25, 0.3) is 0 Å². The van der Waals surface area contributed by atoms with Crippen molar-refractivity contribution in [2.45, 2.75) is 0 Å². The molecule has 0 aliphatic rings. The Morgan fingerprint density at radius 2 is 2.20 bits per heavy atom. The van der Waals surface area contributed by atoms with E-state index >= 15 is 0 Å². The number of carboxylic acids is 1. The van der Waals surface area contributed by atoms with Crippen LogP contribution in [0.4, 0.5) is 0 Å². The first-order valence-electron chi connectivity index (χ1n) is 4.23. The van der Waals surface area contributed by atoms with Crippen LogP contribution in [-0.2, 0) is 7.05 Å². The molecule has 1 N–H and O–H groups in total. The molecule has 0 saturated heterocycles. The highest BCUT2D eigenvalue weighted by molar-refractivity contribution is 5.85. The van der Waals surface area contributed by atoms with Crippen LogP contribution < -0.4 is 0 Å². The first-order chi connectivity index (χ1) is 7.18. The van der Waals surface area contributed by atoms with Gasteiger partial charge in [-0.05, 0) is 12.1 Å². The maximum absolute atomic E-state index is 10.6. The van der Waals surface area contributed by atoms with Gasteiger partial charge in [-0.25, -0.2) is 14.5 Å². The number of aromatic nitrogens is 4. The molecule has 0 aliphatic carbocycles. The Morgan fingerprint density at radius 3 is 2.67 bits per heavy atom. The molecule has 0 radical (unpaired) electrons. The van der Waals surface area contributed by atoms with Crippen LogP contribution >= 0.6 is 0 Å². The van der Waals surface area contributed by atoms with Crippen LogP contribution in [-0.4, -0.2) is 31.1 Å². The van der Waals surface area contributed by atoms with Crippen molar-refractivity contribution in [2.75, 3.05) is 0 Å². The number of aryl methyl sites for hydroxylation is 1. The van der Waals surface area contributed by atoms with E-state index in [4.69, 9.17) is 5.11 Å². The summed E-state index contributed by atoms with van der Waals surface area (Å²) in [6, 6.07) is 3.12. The standard InChI is InChI=1S/C9H8N4O2/c1-13-8(5-11-12-13)6-2-3-7(9(14)15)10-4-6/h2-5H,1H3,(H,14,15). The van der Waals surface area contributed by atoms with Crippen LogP contribution in [0.2, 0.25) is 0 Å². The van der Waals surface area contributed by atoms with Crippen LogP contribution in [0.1, 0.15) is 10.5 Å². The molecule has 0 amide bonds. The topological polar surface area (TPSA) is 80.9 Å². The van der Waals surface area contributed by atoms with Gasteiger partial charge in [0.15, 0.2) is 0 Å². The summed E-state index contributed by atoms with van der Waals surface area (Å²) in [5.74, 6) is -1.04. The second-order valence-corrected chi connectivity index (χ2v) is 2.98. The molecule has 0 spiro atoms. The van der Waals surface area contributed by atoms with E-state index in [1.165, 1.54) is 12.3 Å². The number of carboxylic acid groups (broad SMARTS) is 1. The van der Waals surface area contributed by atoms with Crippen molar-refractivity contribution in [1.82, 2.24) is 20.0 Å². The van der Waals surface area contributed by atoms with Crippen molar-refractivity contribution < 1.29 is 9.90 Å². The second-order valence-electron chi connectivity index (χ2n) is 2.98. The minimum Gasteiger partial charge on any atom is -0.477 e. The van der Waals surface area contributed by atoms with Gasteiger partial charge in [0.05, 0.1) is 11.9 Å². The molecule has 0 unspecified atom stereocenters. The van der Waals surface area contributed by atoms with Gasteiger partial charge in [0.2, 0.25) is 0 Å². The van der Waals surface area contributed by atoms with Crippen LogP contribution in [0.3, 0.4) is 0 Å². The van der Waals surface area contributed by atoms with Crippen molar-refractivity contribution >= 4 is 5.97 Å². The normalized spacial score (nSPS) is 10.2. The number of aromatic carboxylic acids is 1. The quantitative estimate of drug-likeness (QED) is 0.773. The largest absolute Gasteiger partial charge is 0.477 e. The number of pyridine rings is 1. The van der Waals surface area contributed by atoms with Gasteiger partial charge in [0.1, 0.15) is 5.69 Å². The highest BCUT2D eigenvalue weighted by Crippen LogP contribution is 2.15. The Balaban J connectivity index is 2.40. The Bertz CT molecular complexity index is 489. The summed E-state index contributed by atoms with van der Waals surface area (Å²) in [7, 11) is 1.76. The molecule has 2 aromatic rings. The van der Waals surface area contributed by atoms with E-state index in [1.54, 1.807) is 24.0 Å². The average Bonchev–Trinajstić information content (AvgIpc) is 2.65. The molecular weight excluding hydrogens is 196 g/mol. The zero-order valence-corrected chi connectivity index (χ0v) is 7.95. The molecule has 2 aromatic heterocycles. The third-order valence-corrected chi connectivity index (χ3v) is 1.99. The van der Waals surface area contributed by atoms with E-state index in [-0.39, 0.29) is 5.69 Å². The number of carbonyl (C=O) groups is 1. The fourth-order valence-electron chi connectivity index (χ4n) is 1.22. The fraction of sp³-hybridized carbons (Fsp3) is 0.111. The zero-order chi connectivity index (χ0) is 10.8. The molecule has 0 aliphatic heterocycles. The Hall–Kier alpha value is -2.24. The molecule has 6 heteroatoms. The minimum atomic E-state index is -1.04.